The molecule has 1 amide bonds. The second kappa shape index (κ2) is 8.70. The van der Waals surface area contributed by atoms with Gasteiger partial charge in [0, 0.05) is 30.7 Å². The molecule has 1 heterocycles. The van der Waals surface area contributed by atoms with Crippen LogP contribution in [-0.2, 0) is 11.2 Å². The largest absolute Gasteiger partial charge is 0.371 e. The van der Waals surface area contributed by atoms with E-state index in [1.54, 1.807) is 0 Å². The van der Waals surface area contributed by atoms with Gasteiger partial charge < -0.3 is 10.2 Å². The first-order chi connectivity index (χ1) is 12.2. The maximum Gasteiger partial charge on any atom is 0.223 e. The van der Waals surface area contributed by atoms with Gasteiger partial charge >= 0.3 is 0 Å². The highest BCUT2D eigenvalue weighted by molar-refractivity contribution is 5.79. The van der Waals surface area contributed by atoms with Crippen LogP contribution in [0, 0.1) is 5.92 Å². The van der Waals surface area contributed by atoms with Crippen molar-refractivity contribution in [2.24, 2.45) is 5.92 Å². The summed E-state index contributed by atoms with van der Waals surface area (Å²) < 4.78 is 0. The van der Waals surface area contributed by atoms with Crippen LogP contribution in [0.2, 0.25) is 0 Å². The molecule has 1 aliphatic rings. The van der Waals surface area contributed by atoms with Gasteiger partial charge in [0.1, 0.15) is 0 Å². The molecule has 3 rings (SSSR count). The highest BCUT2D eigenvalue weighted by Crippen LogP contribution is 2.23. The number of para-hydroxylation sites is 1. The SMILES string of the molecule is CC(CCc1ccccc1)NC(=O)C1CCN(c2ccccc2)CC1. The first-order valence-electron chi connectivity index (χ1n) is 9.36. The molecule has 25 heavy (non-hydrogen) atoms. The fourth-order valence-electron chi connectivity index (χ4n) is 3.50. The fraction of sp³-hybridized carbons (Fsp3) is 0.409. The summed E-state index contributed by atoms with van der Waals surface area (Å²) in [4.78, 5) is 14.9. The molecule has 0 aromatic heterocycles. The smallest absolute Gasteiger partial charge is 0.223 e. The van der Waals surface area contributed by atoms with E-state index in [9.17, 15) is 4.79 Å². The van der Waals surface area contributed by atoms with Crippen molar-refractivity contribution in [1.82, 2.24) is 5.32 Å². The Balaban J connectivity index is 1.41. The van der Waals surface area contributed by atoms with Gasteiger partial charge in [-0.05, 0) is 50.3 Å². The lowest BCUT2D eigenvalue weighted by atomic mass is 9.95. The minimum Gasteiger partial charge on any atom is -0.371 e. The maximum atomic E-state index is 12.5. The van der Waals surface area contributed by atoms with Gasteiger partial charge in [-0.25, -0.2) is 0 Å². The zero-order valence-corrected chi connectivity index (χ0v) is 15.0. The molecule has 1 atom stereocenters. The highest BCUT2D eigenvalue weighted by Gasteiger charge is 2.25. The second-order valence-corrected chi connectivity index (χ2v) is 7.03. The molecule has 2 aromatic rings. The summed E-state index contributed by atoms with van der Waals surface area (Å²) in [6.07, 6.45) is 3.87. The number of piperidine rings is 1. The van der Waals surface area contributed by atoms with Crippen molar-refractivity contribution < 1.29 is 4.79 Å². The number of nitrogens with one attached hydrogen (secondary N) is 1. The molecule has 3 nitrogen and oxygen atoms in total. The molecule has 1 fully saturated rings. The number of hydrogen-bond acceptors (Lipinski definition) is 2. The van der Waals surface area contributed by atoms with Crippen LogP contribution in [0.25, 0.3) is 0 Å². The Morgan fingerprint density at radius 2 is 1.64 bits per heavy atom. The minimum atomic E-state index is 0.152. The molecule has 1 unspecified atom stereocenters. The van der Waals surface area contributed by atoms with Crippen LogP contribution in [0.1, 0.15) is 31.7 Å². The molecule has 0 aliphatic carbocycles. The van der Waals surface area contributed by atoms with E-state index in [0.29, 0.717) is 0 Å². The summed E-state index contributed by atoms with van der Waals surface area (Å²) in [6.45, 7) is 4.03. The number of aryl methyl sites for hydroxylation is 1. The van der Waals surface area contributed by atoms with Gasteiger partial charge in [0.05, 0.1) is 0 Å². The van der Waals surface area contributed by atoms with Gasteiger partial charge in [-0.15, -0.1) is 0 Å². The van der Waals surface area contributed by atoms with Gasteiger partial charge in [0.2, 0.25) is 5.91 Å². The van der Waals surface area contributed by atoms with Crippen LogP contribution >= 0.6 is 0 Å². The normalized spacial score (nSPS) is 16.4. The summed E-state index contributed by atoms with van der Waals surface area (Å²) in [7, 11) is 0. The molecular weight excluding hydrogens is 308 g/mol. The molecule has 0 bridgehead atoms. The zero-order chi connectivity index (χ0) is 17.5. The Morgan fingerprint density at radius 3 is 2.28 bits per heavy atom. The standard InChI is InChI=1S/C22H28N2O/c1-18(12-13-19-8-4-2-5-9-19)23-22(25)20-14-16-24(17-15-20)21-10-6-3-7-11-21/h2-11,18,20H,12-17H2,1H3,(H,23,25). The maximum absolute atomic E-state index is 12.5. The van der Waals surface area contributed by atoms with Crippen molar-refractivity contribution in [3.63, 3.8) is 0 Å². The van der Waals surface area contributed by atoms with Gasteiger partial charge in [0.25, 0.3) is 0 Å². The third-order valence-electron chi connectivity index (χ3n) is 5.08. The molecule has 1 saturated heterocycles. The molecule has 0 spiro atoms. The number of carbonyl (C=O) groups excluding carboxylic acids is 1. The molecule has 1 N–H and O–H groups in total. The van der Waals surface area contributed by atoms with Crippen molar-refractivity contribution in [1.29, 1.82) is 0 Å². The second-order valence-electron chi connectivity index (χ2n) is 7.03. The van der Waals surface area contributed by atoms with Crippen LogP contribution in [0.4, 0.5) is 5.69 Å². The summed E-state index contributed by atoms with van der Waals surface area (Å²) in [5, 5.41) is 3.22. The summed E-state index contributed by atoms with van der Waals surface area (Å²) in [5.74, 6) is 0.382. The number of nitrogens with zero attached hydrogens (tertiary/aromatic N) is 1. The van der Waals surface area contributed by atoms with Gasteiger partial charge in [-0.2, -0.15) is 0 Å². The van der Waals surface area contributed by atoms with E-state index in [-0.39, 0.29) is 17.9 Å². The van der Waals surface area contributed by atoms with E-state index in [1.807, 2.05) is 12.1 Å². The monoisotopic (exact) mass is 336 g/mol. The molecule has 2 aromatic carbocycles. The lowest BCUT2D eigenvalue weighted by Crippen LogP contribution is -2.43. The van der Waals surface area contributed by atoms with Crippen molar-refractivity contribution >= 4 is 11.6 Å². The predicted molar refractivity (Wildman–Crippen MR) is 104 cm³/mol. The third-order valence-corrected chi connectivity index (χ3v) is 5.08. The quantitative estimate of drug-likeness (QED) is 0.863. The van der Waals surface area contributed by atoms with E-state index < -0.39 is 0 Å². The van der Waals surface area contributed by atoms with E-state index in [4.69, 9.17) is 0 Å². The van der Waals surface area contributed by atoms with Crippen molar-refractivity contribution in [3.8, 4) is 0 Å². The number of anilines is 1. The Hall–Kier alpha value is -2.29. The predicted octanol–water partition coefficient (Wildman–Crippen LogP) is 4.04. The van der Waals surface area contributed by atoms with Crippen molar-refractivity contribution in [2.75, 3.05) is 18.0 Å². The lowest BCUT2D eigenvalue weighted by molar-refractivity contribution is -0.126. The van der Waals surface area contributed by atoms with Crippen LogP contribution in [0.5, 0.6) is 0 Å². The number of benzene rings is 2. The molecule has 132 valence electrons. The number of rotatable bonds is 6. The van der Waals surface area contributed by atoms with E-state index in [0.717, 1.165) is 38.8 Å². The average molecular weight is 336 g/mol. The van der Waals surface area contributed by atoms with Gasteiger partial charge in [-0.1, -0.05) is 48.5 Å². The lowest BCUT2D eigenvalue weighted by Gasteiger charge is -2.33. The van der Waals surface area contributed by atoms with Crippen molar-refractivity contribution in [3.05, 3.63) is 66.2 Å². The van der Waals surface area contributed by atoms with Crippen LogP contribution < -0.4 is 10.2 Å². The molecule has 0 radical (unpaired) electrons. The summed E-state index contributed by atoms with van der Waals surface area (Å²) in [5.41, 5.74) is 2.59. The zero-order valence-electron chi connectivity index (χ0n) is 15.0. The average Bonchev–Trinajstić information content (AvgIpc) is 2.68. The Labute approximate surface area is 151 Å². The van der Waals surface area contributed by atoms with E-state index >= 15 is 0 Å². The molecule has 1 aliphatic heterocycles. The minimum absolute atomic E-state index is 0.152. The number of carbonyl (C=O) groups is 1. The molecule has 0 saturated carbocycles. The Kier molecular flexibility index (Phi) is 6.10. The van der Waals surface area contributed by atoms with Crippen LogP contribution in [0.3, 0.4) is 0 Å². The Morgan fingerprint density at radius 1 is 1.04 bits per heavy atom. The highest BCUT2D eigenvalue weighted by atomic mass is 16.1. The van der Waals surface area contributed by atoms with Crippen LogP contribution in [-0.4, -0.2) is 25.0 Å². The molecule has 3 heteroatoms. The topological polar surface area (TPSA) is 32.3 Å². The summed E-state index contributed by atoms with van der Waals surface area (Å²) in [6, 6.07) is 21.2. The Bertz CT molecular complexity index is 648. The van der Waals surface area contributed by atoms with Gasteiger partial charge in [-0.3, -0.25) is 4.79 Å². The summed E-state index contributed by atoms with van der Waals surface area (Å²) >= 11 is 0. The van der Waals surface area contributed by atoms with Crippen molar-refractivity contribution in [2.45, 2.75) is 38.6 Å². The fourth-order valence-corrected chi connectivity index (χ4v) is 3.50. The van der Waals surface area contributed by atoms with Crippen LogP contribution in [0.15, 0.2) is 60.7 Å². The van der Waals surface area contributed by atoms with E-state index in [2.05, 4.69) is 65.7 Å². The van der Waals surface area contributed by atoms with E-state index in [1.165, 1.54) is 11.3 Å². The number of amides is 1. The third kappa shape index (κ3) is 5.09. The first-order valence-corrected chi connectivity index (χ1v) is 9.36. The number of hydrogen-bond donors (Lipinski definition) is 1. The van der Waals surface area contributed by atoms with Gasteiger partial charge in [0.15, 0.2) is 0 Å². The molecular formula is C22H28N2O. The first kappa shape index (κ1) is 17.5.